The summed E-state index contributed by atoms with van der Waals surface area (Å²) in [6.07, 6.45) is 83.6. The molecule has 0 radical (unpaired) electrons. The summed E-state index contributed by atoms with van der Waals surface area (Å²) >= 11 is 0. The molecule has 5 nitrogen and oxygen atoms in total. The molecule has 1 N–H and O–H groups in total. The number of aliphatic hydroxyl groups is 1. The monoisotopic (exact) mass is 1030 g/mol. The Bertz CT molecular complexity index is 1120. The minimum absolute atomic E-state index is 0.0619. The highest BCUT2D eigenvalue weighted by Gasteiger charge is 2.16. The Labute approximate surface area is 457 Å². The Balaban J connectivity index is 3.34. The number of carbonyl (C=O) groups is 2. The second-order valence-electron chi connectivity index (χ2n) is 22.9. The molecule has 0 rings (SSSR count). The Morgan fingerprint density at radius 2 is 0.548 bits per heavy atom. The topological polar surface area (TPSA) is 72.8 Å². The predicted octanol–water partition coefficient (Wildman–Crippen LogP) is 22.8. The Morgan fingerprint density at radius 1 is 0.315 bits per heavy atom. The molecule has 5 heteroatoms. The summed E-state index contributed by atoms with van der Waals surface area (Å²) in [7, 11) is 0. The normalized spacial score (nSPS) is 12.2. The molecule has 0 spiro atoms. The minimum Gasteiger partial charge on any atom is -0.462 e. The van der Waals surface area contributed by atoms with Crippen molar-refractivity contribution in [1.82, 2.24) is 0 Å². The zero-order valence-electron chi connectivity index (χ0n) is 49.7. The molecule has 73 heavy (non-hydrogen) atoms. The molecule has 0 aliphatic heterocycles. The first-order chi connectivity index (χ1) is 36.1. The first-order valence-corrected chi connectivity index (χ1v) is 33.4. The second kappa shape index (κ2) is 64.7. The number of ether oxygens (including phenoxy) is 2. The summed E-state index contributed by atoms with van der Waals surface area (Å²) < 4.78 is 10.7. The molecule has 432 valence electrons. The summed E-state index contributed by atoms with van der Waals surface area (Å²) in [4.78, 5) is 24.6. The lowest BCUT2D eigenvalue weighted by Crippen LogP contribution is -2.28. The zero-order valence-corrected chi connectivity index (χ0v) is 49.7. The summed E-state index contributed by atoms with van der Waals surface area (Å²) in [5.41, 5.74) is 0. The lowest BCUT2D eigenvalue weighted by molar-refractivity contribution is -0.161. The van der Waals surface area contributed by atoms with Crippen LogP contribution in [0.3, 0.4) is 0 Å². The van der Waals surface area contributed by atoms with E-state index in [4.69, 9.17) is 9.47 Å². The zero-order chi connectivity index (χ0) is 52.7. The molecule has 0 aromatic carbocycles. The lowest BCUT2D eigenvalue weighted by atomic mass is 10.0. The number of esters is 2. The standard InChI is InChI=1S/C68H130O5/c1-3-5-7-9-11-13-15-17-19-21-23-24-25-26-27-28-29-30-31-32-33-34-35-36-37-38-39-40-41-42-43-45-46-48-50-52-54-56-58-60-62-67(70)72-65-66(64-69)73-68(71)63-61-59-57-55-53-51-49-47-44-22-20-18-16-14-12-10-8-6-4-2/h12,14,18,20,66,69H,3-11,13,15-17,19,21-65H2,1-2H3/b14-12-,20-18-. The van der Waals surface area contributed by atoms with Crippen molar-refractivity contribution in [3.8, 4) is 0 Å². The van der Waals surface area contributed by atoms with Crippen molar-refractivity contribution < 1.29 is 24.2 Å². The summed E-state index contributed by atoms with van der Waals surface area (Å²) in [6.45, 7) is 4.17. The average molecular weight is 1030 g/mol. The van der Waals surface area contributed by atoms with Crippen LogP contribution in [0.1, 0.15) is 380 Å². The fourth-order valence-corrected chi connectivity index (χ4v) is 10.5. The smallest absolute Gasteiger partial charge is 0.306 e. The molecule has 0 aliphatic rings. The van der Waals surface area contributed by atoms with Crippen molar-refractivity contribution >= 4 is 11.9 Å². The van der Waals surface area contributed by atoms with Gasteiger partial charge < -0.3 is 14.6 Å². The van der Waals surface area contributed by atoms with Crippen LogP contribution in [0.25, 0.3) is 0 Å². The van der Waals surface area contributed by atoms with Gasteiger partial charge in [0, 0.05) is 12.8 Å². The molecule has 0 aliphatic carbocycles. The van der Waals surface area contributed by atoms with E-state index in [0.717, 1.165) is 38.5 Å². The molecule has 0 heterocycles. The molecule has 0 bridgehead atoms. The largest absolute Gasteiger partial charge is 0.462 e. The van der Waals surface area contributed by atoms with E-state index in [1.807, 2.05) is 0 Å². The van der Waals surface area contributed by atoms with Crippen LogP contribution >= 0.6 is 0 Å². The maximum absolute atomic E-state index is 12.3. The minimum atomic E-state index is -0.772. The van der Waals surface area contributed by atoms with E-state index in [9.17, 15) is 14.7 Å². The summed E-state index contributed by atoms with van der Waals surface area (Å²) in [5, 5.41) is 9.66. The maximum atomic E-state index is 12.3. The first-order valence-electron chi connectivity index (χ1n) is 33.4. The third-order valence-electron chi connectivity index (χ3n) is 15.5. The van der Waals surface area contributed by atoms with Gasteiger partial charge in [-0.05, 0) is 44.9 Å². The van der Waals surface area contributed by atoms with Gasteiger partial charge in [0.1, 0.15) is 6.61 Å². The summed E-state index contributed by atoms with van der Waals surface area (Å²) in [6, 6.07) is 0. The van der Waals surface area contributed by atoms with Gasteiger partial charge >= 0.3 is 11.9 Å². The number of allylic oxidation sites excluding steroid dienone is 4. The quantitative estimate of drug-likeness (QED) is 0.0373. The molecule has 0 fully saturated rings. The SMILES string of the molecule is CCCCC/C=C\C/C=C\CCCCCCCCCCCC(=O)OC(CO)COC(=O)CCCCCCCCCCCCCCCCCCCCCCCCCCCCCCCCCCCCCCCCCC. The van der Waals surface area contributed by atoms with Gasteiger partial charge in [0.2, 0.25) is 0 Å². The van der Waals surface area contributed by atoms with Crippen molar-refractivity contribution in [2.45, 2.75) is 386 Å². The maximum Gasteiger partial charge on any atom is 0.306 e. The van der Waals surface area contributed by atoms with E-state index < -0.39 is 6.10 Å². The van der Waals surface area contributed by atoms with E-state index in [1.165, 1.54) is 315 Å². The van der Waals surface area contributed by atoms with E-state index in [1.54, 1.807) is 0 Å². The molecule has 0 amide bonds. The van der Waals surface area contributed by atoms with Crippen LogP contribution < -0.4 is 0 Å². The van der Waals surface area contributed by atoms with Crippen LogP contribution in [0.5, 0.6) is 0 Å². The van der Waals surface area contributed by atoms with E-state index in [0.29, 0.717) is 12.8 Å². The molecular weight excluding hydrogens is 897 g/mol. The molecular formula is C68H130O5. The highest BCUT2D eigenvalue weighted by atomic mass is 16.6. The Hall–Kier alpha value is -1.62. The van der Waals surface area contributed by atoms with Crippen molar-refractivity contribution in [2.75, 3.05) is 13.2 Å². The van der Waals surface area contributed by atoms with Gasteiger partial charge in [0.15, 0.2) is 6.10 Å². The van der Waals surface area contributed by atoms with Crippen LogP contribution in [0.4, 0.5) is 0 Å². The van der Waals surface area contributed by atoms with Crippen molar-refractivity contribution in [3.05, 3.63) is 24.3 Å². The number of rotatable bonds is 63. The third kappa shape index (κ3) is 62.8. The van der Waals surface area contributed by atoms with E-state index in [2.05, 4.69) is 38.2 Å². The van der Waals surface area contributed by atoms with Crippen LogP contribution in [0, 0.1) is 0 Å². The van der Waals surface area contributed by atoms with Crippen LogP contribution in [0.2, 0.25) is 0 Å². The average Bonchev–Trinajstić information content (AvgIpc) is 3.39. The van der Waals surface area contributed by atoms with Gasteiger partial charge in [-0.25, -0.2) is 0 Å². The van der Waals surface area contributed by atoms with Crippen molar-refractivity contribution in [1.29, 1.82) is 0 Å². The van der Waals surface area contributed by atoms with Gasteiger partial charge in [-0.15, -0.1) is 0 Å². The van der Waals surface area contributed by atoms with Crippen LogP contribution in [0.15, 0.2) is 24.3 Å². The lowest BCUT2D eigenvalue weighted by Gasteiger charge is -2.15. The van der Waals surface area contributed by atoms with Crippen molar-refractivity contribution in [3.63, 3.8) is 0 Å². The van der Waals surface area contributed by atoms with Crippen molar-refractivity contribution in [2.24, 2.45) is 0 Å². The number of hydrogen-bond donors (Lipinski definition) is 1. The molecule has 0 saturated heterocycles. The highest BCUT2D eigenvalue weighted by Crippen LogP contribution is 2.19. The van der Waals surface area contributed by atoms with E-state index >= 15 is 0 Å². The van der Waals surface area contributed by atoms with Gasteiger partial charge in [-0.1, -0.05) is 346 Å². The highest BCUT2D eigenvalue weighted by molar-refractivity contribution is 5.70. The molecule has 1 unspecified atom stereocenters. The van der Waals surface area contributed by atoms with Gasteiger partial charge in [0.25, 0.3) is 0 Å². The molecule has 0 aromatic heterocycles. The molecule has 0 aromatic rings. The first kappa shape index (κ1) is 71.4. The number of carbonyl (C=O) groups excluding carboxylic acids is 2. The molecule has 1 atom stereocenters. The Morgan fingerprint density at radius 3 is 0.836 bits per heavy atom. The number of hydrogen-bond acceptors (Lipinski definition) is 5. The van der Waals surface area contributed by atoms with E-state index in [-0.39, 0.29) is 25.2 Å². The Kier molecular flexibility index (Phi) is 63.2. The van der Waals surface area contributed by atoms with Crippen LogP contribution in [-0.2, 0) is 19.1 Å². The van der Waals surface area contributed by atoms with Gasteiger partial charge in [0.05, 0.1) is 6.61 Å². The van der Waals surface area contributed by atoms with Gasteiger partial charge in [-0.2, -0.15) is 0 Å². The second-order valence-corrected chi connectivity index (χ2v) is 22.9. The van der Waals surface area contributed by atoms with Gasteiger partial charge in [-0.3, -0.25) is 9.59 Å². The summed E-state index contributed by atoms with van der Waals surface area (Å²) in [5.74, 6) is -0.575. The fraction of sp³-hybridized carbons (Fsp3) is 0.912. The fourth-order valence-electron chi connectivity index (χ4n) is 10.5. The molecule has 0 saturated carbocycles. The third-order valence-corrected chi connectivity index (χ3v) is 15.5. The predicted molar refractivity (Wildman–Crippen MR) is 321 cm³/mol. The van der Waals surface area contributed by atoms with Crippen LogP contribution in [-0.4, -0.2) is 36.4 Å². The number of unbranched alkanes of at least 4 members (excludes halogenated alkanes) is 51. The number of aliphatic hydroxyl groups excluding tert-OH is 1.